The van der Waals surface area contributed by atoms with Gasteiger partial charge in [0, 0.05) is 25.1 Å². The predicted octanol–water partition coefficient (Wildman–Crippen LogP) is 0.270. The van der Waals surface area contributed by atoms with Gasteiger partial charge in [0.25, 0.3) is 0 Å². The Hall–Kier alpha value is -1.85. The van der Waals surface area contributed by atoms with E-state index in [4.69, 9.17) is 4.74 Å². The van der Waals surface area contributed by atoms with E-state index in [2.05, 4.69) is 4.74 Å². The van der Waals surface area contributed by atoms with Gasteiger partial charge in [-0.25, -0.2) is 9.59 Å². The van der Waals surface area contributed by atoms with Crippen molar-refractivity contribution in [1.82, 2.24) is 4.90 Å². The molecule has 0 spiro atoms. The first kappa shape index (κ1) is 14.2. The van der Waals surface area contributed by atoms with Crippen LogP contribution in [0.2, 0.25) is 0 Å². The number of hydrogen-bond donors (Lipinski definition) is 0. The standard InChI is InChI=1S/C12H17NO5/c1-3-13-9(4-5-10(13)14)8-18-12(16)7-6-11(15)17-2/h6-7,9H,3-5,8H2,1-2H3/b7-6+. The fraction of sp³-hybridized carbons (Fsp3) is 0.583. The van der Waals surface area contributed by atoms with Gasteiger partial charge in [-0.2, -0.15) is 0 Å². The summed E-state index contributed by atoms with van der Waals surface area (Å²) in [7, 11) is 1.22. The summed E-state index contributed by atoms with van der Waals surface area (Å²) in [5.41, 5.74) is 0. The van der Waals surface area contributed by atoms with Crippen LogP contribution >= 0.6 is 0 Å². The minimum Gasteiger partial charge on any atom is -0.466 e. The van der Waals surface area contributed by atoms with Gasteiger partial charge in [-0.1, -0.05) is 0 Å². The van der Waals surface area contributed by atoms with Crippen molar-refractivity contribution in [3.63, 3.8) is 0 Å². The van der Waals surface area contributed by atoms with Crippen molar-refractivity contribution in [2.45, 2.75) is 25.8 Å². The summed E-state index contributed by atoms with van der Waals surface area (Å²) >= 11 is 0. The molecule has 0 aromatic heterocycles. The summed E-state index contributed by atoms with van der Waals surface area (Å²) in [6.07, 6.45) is 3.20. The highest BCUT2D eigenvalue weighted by Crippen LogP contribution is 2.18. The molecular weight excluding hydrogens is 238 g/mol. The van der Waals surface area contributed by atoms with Gasteiger partial charge in [-0.15, -0.1) is 0 Å². The lowest BCUT2D eigenvalue weighted by Crippen LogP contribution is -2.36. The molecule has 1 atom stereocenters. The van der Waals surface area contributed by atoms with Crippen LogP contribution in [0.1, 0.15) is 19.8 Å². The molecule has 1 aliphatic heterocycles. The molecule has 0 saturated carbocycles. The van der Waals surface area contributed by atoms with Crippen molar-refractivity contribution in [3.05, 3.63) is 12.2 Å². The maximum atomic E-state index is 11.4. The van der Waals surface area contributed by atoms with Crippen LogP contribution in [-0.2, 0) is 23.9 Å². The van der Waals surface area contributed by atoms with E-state index in [0.717, 1.165) is 12.2 Å². The summed E-state index contributed by atoms with van der Waals surface area (Å²) in [4.78, 5) is 35.1. The number of likely N-dealkylation sites (tertiary alicyclic amines) is 1. The minimum absolute atomic E-state index is 0.0574. The van der Waals surface area contributed by atoms with Crippen LogP contribution in [0.3, 0.4) is 0 Å². The van der Waals surface area contributed by atoms with Gasteiger partial charge in [-0.05, 0) is 13.3 Å². The maximum Gasteiger partial charge on any atom is 0.331 e. The Labute approximate surface area is 106 Å². The topological polar surface area (TPSA) is 72.9 Å². The summed E-state index contributed by atoms with van der Waals surface area (Å²) < 4.78 is 9.31. The number of hydrogen-bond acceptors (Lipinski definition) is 5. The number of ether oxygens (including phenoxy) is 2. The molecular formula is C12H17NO5. The number of rotatable bonds is 5. The molecule has 6 heteroatoms. The van der Waals surface area contributed by atoms with Gasteiger partial charge < -0.3 is 14.4 Å². The minimum atomic E-state index is -0.615. The lowest BCUT2D eigenvalue weighted by Gasteiger charge is -2.22. The van der Waals surface area contributed by atoms with E-state index in [1.54, 1.807) is 4.90 Å². The van der Waals surface area contributed by atoms with Gasteiger partial charge in [-0.3, -0.25) is 4.79 Å². The van der Waals surface area contributed by atoms with Crippen molar-refractivity contribution in [1.29, 1.82) is 0 Å². The van der Waals surface area contributed by atoms with Crippen molar-refractivity contribution in [3.8, 4) is 0 Å². The molecule has 1 heterocycles. The van der Waals surface area contributed by atoms with E-state index in [0.29, 0.717) is 19.4 Å². The molecule has 6 nitrogen and oxygen atoms in total. The quantitative estimate of drug-likeness (QED) is 0.521. The Morgan fingerprint density at radius 3 is 2.67 bits per heavy atom. The molecule has 0 aliphatic carbocycles. The highest BCUT2D eigenvalue weighted by molar-refractivity contribution is 5.91. The summed E-state index contributed by atoms with van der Waals surface area (Å²) in [6, 6.07) is -0.0574. The molecule has 100 valence electrons. The number of nitrogens with zero attached hydrogens (tertiary/aromatic N) is 1. The van der Waals surface area contributed by atoms with Crippen LogP contribution in [0.15, 0.2) is 12.2 Å². The molecule has 1 fully saturated rings. The average molecular weight is 255 g/mol. The predicted molar refractivity (Wildman–Crippen MR) is 62.5 cm³/mol. The number of carbonyl (C=O) groups excluding carboxylic acids is 3. The molecule has 0 bridgehead atoms. The highest BCUT2D eigenvalue weighted by Gasteiger charge is 2.30. The van der Waals surface area contributed by atoms with Gasteiger partial charge in [0.05, 0.1) is 13.2 Å². The van der Waals surface area contributed by atoms with E-state index in [9.17, 15) is 14.4 Å². The van der Waals surface area contributed by atoms with E-state index >= 15 is 0 Å². The lowest BCUT2D eigenvalue weighted by molar-refractivity contribution is -0.142. The van der Waals surface area contributed by atoms with Gasteiger partial charge >= 0.3 is 11.9 Å². The fourth-order valence-corrected chi connectivity index (χ4v) is 1.83. The molecule has 0 aromatic rings. The smallest absolute Gasteiger partial charge is 0.331 e. The number of carbonyl (C=O) groups is 3. The zero-order chi connectivity index (χ0) is 13.5. The molecule has 1 rings (SSSR count). The summed E-state index contributed by atoms with van der Waals surface area (Å²) in [5.74, 6) is -1.14. The first-order chi connectivity index (χ1) is 8.58. The Balaban J connectivity index is 2.37. The number of amides is 1. The van der Waals surface area contributed by atoms with Crippen molar-refractivity contribution in [2.75, 3.05) is 20.3 Å². The van der Waals surface area contributed by atoms with Crippen LogP contribution < -0.4 is 0 Å². The molecule has 1 saturated heterocycles. The molecule has 0 aromatic carbocycles. The molecule has 18 heavy (non-hydrogen) atoms. The van der Waals surface area contributed by atoms with Crippen molar-refractivity contribution >= 4 is 17.8 Å². The van der Waals surface area contributed by atoms with Crippen LogP contribution in [-0.4, -0.2) is 49.0 Å². The van der Waals surface area contributed by atoms with E-state index in [-0.39, 0.29) is 18.6 Å². The molecule has 1 amide bonds. The summed E-state index contributed by atoms with van der Waals surface area (Å²) in [6.45, 7) is 2.65. The van der Waals surface area contributed by atoms with Crippen LogP contribution in [0.5, 0.6) is 0 Å². The Morgan fingerprint density at radius 1 is 1.39 bits per heavy atom. The maximum absolute atomic E-state index is 11.4. The second-order valence-corrected chi connectivity index (χ2v) is 3.86. The second-order valence-electron chi connectivity index (χ2n) is 3.86. The van der Waals surface area contributed by atoms with Crippen LogP contribution in [0.4, 0.5) is 0 Å². The van der Waals surface area contributed by atoms with E-state index < -0.39 is 11.9 Å². The highest BCUT2D eigenvalue weighted by atomic mass is 16.5. The largest absolute Gasteiger partial charge is 0.466 e. The first-order valence-electron chi connectivity index (χ1n) is 5.80. The number of esters is 2. The lowest BCUT2D eigenvalue weighted by atomic mass is 10.2. The summed E-state index contributed by atoms with van der Waals surface area (Å²) in [5, 5.41) is 0. The molecule has 1 unspecified atom stereocenters. The van der Waals surface area contributed by atoms with Gasteiger partial charge in [0.15, 0.2) is 0 Å². The zero-order valence-corrected chi connectivity index (χ0v) is 10.5. The first-order valence-corrected chi connectivity index (χ1v) is 5.80. The third-order valence-corrected chi connectivity index (χ3v) is 2.77. The average Bonchev–Trinajstić information content (AvgIpc) is 2.73. The molecule has 1 aliphatic rings. The van der Waals surface area contributed by atoms with Crippen molar-refractivity contribution < 1.29 is 23.9 Å². The Kier molecular flexibility index (Phi) is 5.35. The second kappa shape index (κ2) is 6.78. The van der Waals surface area contributed by atoms with E-state index in [1.807, 2.05) is 6.92 Å². The van der Waals surface area contributed by atoms with Crippen LogP contribution in [0, 0.1) is 0 Å². The fourth-order valence-electron chi connectivity index (χ4n) is 1.83. The van der Waals surface area contributed by atoms with Gasteiger partial charge in [0.2, 0.25) is 5.91 Å². The SMILES string of the molecule is CCN1C(=O)CCC1COC(=O)/C=C/C(=O)OC. The zero-order valence-electron chi connectivity index (χ0n) is 10.5. The third kappa shape index (κ3) is 3.87. The monoisotopic (exact) mass is 255 g/mol. The van der Waals surface area contributed by atoms with E-state index in [1.165, 1.54) is 7.11 Å². The Bertz CT molecular complexity index is 363. The normalized spacial score (nSPS) is 19.3. The third-order valence-electron chi connectivity index (χ3n) is 2.77. The number of methoxy groups -OCH3 is 1. The van der Waals surface area contributed by atoms with Crippen LogP contribution in [0.25, 0.3) is 0 Å². The molecule has 0 N–H and O–H groups in total. The van der Waals surface area contributed by atoms with Gasteiger partial charge in [0.1, 0.15) is 6.61 Å². The molecule has 0 radical (unpaired) electrons. The number of likely N-dealkylation sites (N-methyl/N-ethyl adjacent to an activating group) is 1. The Morgan fingerprint density at radius 2 is 2.06 bits per heavy atom. The van der Waals surface area contributed by atoms with Crippen molar-refractivity contribution in [2.24, 2.45) is 0 Å².